The minimum Gasteiger partial charge on any atom is -0.355 e. The van der Waals surface area contributed by atoms with Gasteiger partial charge in [0.25, 0.3) is 0 Å². The molecule has 0 saturated carbocycles. The number of thiazole rings is 1. The normalized spacial score (nSPS) is 12.8. The van der Waals surface area contributed by atoms with Crippen molar-refractivity contribution in [3.63, 3.8) is 0 Å². The highest BCUT2D eigenvalue weighted by Crippen LogP contribution is 2.27. The Balaban J connectivity index is 1.50. The van der Waals surface area contributed by atoms with Crippen LogP contribution < -0.4 is 5.32 Å². The molecule has 2 aromatic heterocycles. The summed E-state index contributed by atoms with van der Waals surface area (Å²) in [7, 11) is 0. The van der Waals surface area contributed by atoms with E-state index < -0.39 is 0 Å². The van der Waals surface area contributed by atoms with Gasteiger partial charge in [0.2, 0.25) is 5.95 Å². The van der Waals surface area contributed by atoms with Crippen LogP contribution in [0, 0.1) is 0 Å². The number of imidazole rings is 1. The van der Waals surface area contributed by atoms with Crippen LogP contribution in [-0.2, 0) is 0 Å². The van der Waals surface area contributed by atoms with E-state index >= 15 is 0 Å². The molecule has 2 aromatic carbocycles. The molecule has 110 valence electrons. The van der Waals surface area contributed by atoms with E-state index in [1.165, 1.54) is 4.70 Å². The summed E-state index contributed by atoms with van der Waals surface area (Å²) in [6.45, 7) is 2.99. The molecule has 0 saturated heterocycles. The number of aromatic nitrogens is 3. The van der Waals surface area contributed by atoms with Gasteiger partial charge in [-0.15, -0.1) is 11.3 Å². The Morgan fingerprint density at radius 3 is 2.64 bits per heavy atom. The van der Waals surface area contributed by atoms with E-state index in [0.717, 1.165) is 34.1 Å². The molecule has 1 unspecified atom stereocenters. The van der Waals surface area contributed by atoms with E-state index in [0.29, 0.717) is 5.92 Å². The number of para-hydroxylation sites is 3. The van der Waals surface area contributed by atoms with E-state index in [4.69, 9.17) is 4.98 Å². The Bertz CT molecular complexity index is 858. The number of hydrogen-bond acceptors (Lipinski definition) is 4. The van der Waals surface area contributed by atoms with Crippen molar-refractivity contribution in [1.29, 1.82) is 0 Å². The third-order valence-corrected chi connectivity index (χ3v) is 4.96. The average molecular weight is 308 g/mol. The van der Waals surface area contributed by atoms with Gasteiger partial charge in [-0.2, -0.15) is 0 Å². The number of rotatable bonds is 4. The molecule has 22 heavy (non-hydrogen) atoms. The van der Waals surface area contributed by atoms with E-state index in [-0.39, 0.29) is 0 Å². The summed E-state index contributed by atoms with van der Waals surface area (Å²) in [6, 6.07) is 16.3. The highest BCUT2D eigenvalue weighted by Gasteiger charge is 2.12. The van der Waals surface area contributed by atoms with E-state index in [9.17, 15) is 0 Å². The van der Waals surface area contributed by atoms with Crippen molar-refractivity contribution in [3.8, 4) is 0 Å². The molecule has 4 aromatic rings. The van der Waals surface area contributed by atoms with Crippen molar-refractivity contribution < 1.29 is 0 Å². The number of nitrogens with zero attached hydrogens (tertiary/aromatic N) is 2. The molecule has 4 rings (SSSR count). The molecule has 0 bridgehead atoms. The maximum absolute atomic E-state index is 4.72. The first-order valence-corrected chi connectivity index (χ1v) is 8.15. The molecule has 2 heterocycles. The largest absolute Gasteiger partial charge is 0.355 e. The quantitative estimate of drug-likeness (QED) is 0.588. The van der Waals surface area contributed by atoms with Gasteiger partial charge in [0.1, 0.15) is 0 Å². The molecule has 0 aliphatic heterocycles. The van der Waals surface area contributed by atoms with Gasteiger partial charge in [0.15, 0.2) is 0 Å². The Kier molecular flexibility index (Phi) is 3.27. The average Bonchev–Trinajstić information content (AvgIpc) is 3.15. The minimum atomic E-state index is 0.339. The lowest BCUT2D eigenvalue weighted by molar-refractivity contribution is 0.793. The number of H-pyrrole nitrogens is 1. The van der Waals surface area contributed by atoms with Crippen molar-refractivity contribution >= 4 is 38.5 Å². The lowest BCUT2D eigenvalue weighted by Crippen LogP contribution is -2.10. The summed E-state index contributed by atoms with van der Waals surface area (Å²) in [4.78, 5) is 12.5. The monoisotopic (exact) mass is 308 g/mol. The zero-order valence-corrected chi connectivity index (χ0v) is 13.0. The zero-order chi connectivity index (χ0) is 14.9. The zero-order valence-electron chi connectivity index (χ0n) is 12.2. The lowest BCUT2D eigenvalue weighted by atomic mass is 10.2. The van der Waals surface area contributed by atoms with Crippen LogP contribution in [0.2, 0.25) is 0 Å². The number of hydrogen-bond donors (Lipinski definition) is 2. The molecule has 0 aliphatic rings. The lowest BCUT2D eigenvalue weighted by Gasteiger charge is -2.08. The van der Waals surface area contributed by atoms with Crippen LogP contribution in [0.3, 0.4) is 0 Å². The summed E-state index contributed by atoms with van der Waals surface area (Å²) >= 11 is 1.76. The first kappa shape index (κ1) is 13.3. The summed E-state index contributed by atoms with van der Waals surface area (Å²) in [5.41, 5.74) is 3.12. The van der Waals surface area contributed by atoms with Gasteiger partial charge in [-0.05, 0) is 24.3 Å². The van der Waals surface area contributed by atoms with Gasteiger partial charge in [0.05, 0.1) is 26.3 Å². The molecule has 0 radical (unpaired) electrons. The minimum absolute atomic E-state index is 0.339. The number of aromatic amines is 1. The van der Waals surface area contributed by atoms with Crippen LogP contribution in [0.4, 0.5) is 5.95 Å². The molecule has 0 fully saturated rings. The Morgan fingerprint density at radius 1 is 1.05 bits per heavy atom. The first-order valence-electron chi connectivity index (χ1n) is 7.34. The predicted octanol–water partition coefficient (Wildman–Crippen LogP) is 4.39. The highest BCUT2D eigenvalue weighted by atomic mass is 32.1. The number of anilines is 1. The second kappa shape index (κ2) is 5.42. The summed E-state index contributed by atoms with van der Waals surface area (Å²) in [5.74, 6) is 1.15. The predicted molar refractivity (Wildman–Crippen MR) is 92.6 cm³/mol. The van der Waals surface area contributed by atoms with Crippen molar-refractivity contribution in [2.45, 2.75) is 12.8 Å². The fourth-order valence-electron chi connectivity index (χ4n) is 2.47. The smallest absolute Gasteiger partial charge is 0.201 e. The maximum atomic E-state index is 4.72. The van der Waals surface area contributed by atoms with E-state index in [2.05, 4.69) is 40.4 Å². The van der Waals surface area contributed by atoms with Gasteiger partial charge >= 0.3 is 0 Å². The van der Waals surface area contributed by atoms with Crippen LogP contribution in [0.1, 0.15) is 17.8 Å². The third kappa shape index (κ3) is 2.44. The molecule has 2 N–H and O–H groups in total. The third-order valence-electron chi connectivity index (χ3n) is 3.70. The second-order valence-electron chi connectivity index (χ2n) is 5.40. The van der Waals surface area contributed by atoms with Crippen LogP contribution in [-0.4, -0.2) is 21.5 Å². The maximum Gasteiger partial charge on any atom is 0.201 e. The van der Waals surface area contributed by atoms with Gasteiger partial charge in [-0.25, -0.2) is 9.97 Å². The van der Waals surface area contributed by atoms with Crippen molar-refractivity contribution in [2.75, 3.05) is 11.9 Å². The van der Waals surface area contributed by atoms with Crippen molar-refractivity contribution in [1.82, 2.24) is 15.0 Å². The van der Waals surface area contributed by atoms with E-state index in [1.807, 2.05) is 30.3 Å². The van der Waals surface area contributed by atoms with Crippen LogP contribution in [0.5, 0.6) is 0 Å². The SMILES string of the molecule is CC(CNc1nc2ccccc2[nH]1)c1nc2ccccc2s1. The number of benzene rings is 2. The van der Waals surface area contributed by atoms with Gasteiger partial charge < -0.3 is 10.3 Å². The molecule has 4 nitrogen and oxygen atoms in total. The Labute approximate surface area is 132 Å². The van der Waals surface area contributed by atoms with Crippen LogP contribution in [0.25, 0.3) is 21.3 Å². The fraction of sp³-hybridized carbons (Fsp3) is 0.176. The van der Waals surface area contributed by atoms with Gasteiger partial charge in [-0.1, -0.05) is 31.2 Å². The number of fused-ring (bicyclic) bond motifs is 2. The summed E-state index contributed by atoms with van der Waals surface area (Å²) in [5, 5.41) is 4.53. The second-order valence-corrected chi connectivity index (χ2v) is 6.47. The highest BCUT2D eigenvalue weighted by molar-refractivity contribution is 7.18. The van der Waals surface area contributed by atoms with Crippen molar-refractivity contribution in [2.24, 2.45) is 0 Å². The van der Waals surface area contributed by atoms with Gasteiger partial charge in [0, 0.05) is 12.5 Å². The fourth-order valence-corrected chi connectivity index (χ4v) is 3.49. The Hall–Kier alpha value is -2.40. The standard InChI is InChI=1S/C17H16N4S/c1-11(16-19-14-8-4-5-9-15(14)22-16)10-18-17-20-12-6-2-3-7-13(12)21-17/h2-9,11H,10H2,1H3,(H2,18,20,21). The summed E-state index contributed by atoms with van der Waals surface area (Å²) in [6.07, 6.45) is 0. The molecular weight excluding hydrogens is 292 g/mol. The Morgan fingerprint density at radius 2 is 1.82 bits per heavy atom. The molecule has 5 heteroatoms. The summed E-state index contributed by atoms with van der Waals surface area (Å²) < 4.78 is 1.24. The molecular formula is C17H16N4S. The molecule has 0 aliphatic carbocycles. The molecule has 1 atom stereocenters. The topological polar surface area (TPSA) is 53.6 Å². The van der Waals surface area contributed by atoms with Gasteiger partial charge in [-0.3, -0.25) is 0 Å². The van der Waals surface area contributed by atoms with Crippen molar-refractivity contribution in [3.05, 3.63) is 53.5 Å². The molecule has 0 amide bonds. The van der Waals surface area contributed by atoms with Crippen LogP contribution in [0.15, 0.2) is 48.5 Å². The first-order chi connectivity index (χ1) is 10.8. The molecule has 0 spiro atoms. The number of nitrogens with one attached hydrogen (secondary N) is 2. The van der Waals surface area contributed by atoms with E-state index in [1.54, 1.807) is 11.3 Å². The van der Waals surface area contributed by atoms with Crippen LogP contribution >= 0.6 is 11.3 Å².